The van der Waals surface area contributed by atoms with Crippen molar-refractivity contribution in [2.24, 2.45) is 5.92 Å². The molecule has 220 valence electrons. The molecule has 4 rings (SSSR count). The molecule has 7 heteroatoms. The number of nitrogens with zero attached hydrogens (tertiary/aromatic N) is 2. The number of hydrogen-bond donors (Lipinski definition) is 1. The summed E-state index contributed by atoms with van der Waals surface area (Å²) in [6.07, 6.45) is 8.67. The minimum absolute atomic E-state index is 0.00952. The molecule has 0 bridgehead atoms. The Balaban J connectivity index is 1.53. The molecule has 1 fully saturated rings. The molecule has 1 N–H and O–H groups in total. The van der Waals surface area contributed by atoms with Gasteiger partial charge in [-0.3, -0.25) is 9.78 Å². The Hall–Kier alpha value is -3.03. The van der Waals surface area contributed by atoms with Crippen LogP contribution in [0.25, 0.3) is 0 Å². The van der Waals surface area contributed by atoms with Crippen molar-refractivity contribution in [1.29, 1.82) is 0 Å². The van der Waals surface area contributed by atoms with E-state index in [1.807, 2.05) is 69.4 Å². The van der Waals surface area contributed by atoms with E-state index in [1.54, 1.807) is 16.4 Å². The second kappa shape index (κ2) is 14.2. The molecule has 41 heavy (non-hydrogen) atoms. The maximum absolute atomic E-state index is 13.7. The van der Waals surface area contributed by atoms with E-state index in [0.717, 1.165) is 42.5 Å². The predicted octanol–water partition coefficient (Wildman–Crippen LogP) is 6.45. The van der Waals surface area contributed by atoms with Crippen molar-refractivity contribution in [2.75, 3.05) is 13.1 Å². The molecule has 0 radical (unpaired) electrons. The quantitative estimate of drug-likeness (QED) is 0.254. The first-order valence-corrected chi connectivity index (χ1v) is 16.4. The summed E-state index contributed by atoms with van der Waals surface area (Å²) in [7, 11) is -3.67. The maximum Gasteiger partial charge on any atom is 0.243 e. The van der Waals surface area contributed by atoms with E-state index < -0.39 is 10.0 Å². The second-order valence-electron chi connectivity index (χ2n) is 12.0. The predicted molar refractivity (Wildman–Crippen MR) is 165 cm³/mol. The Kier molecular flexibility index (Phi) is 10.7. The molecule has 1 aromatic heterocycles. The third-order valence-corrected chi connectivity index (χ3v) is 10.0. The SMILES string of the molecule is Cc1ccc(S(=O)(=O)N(CCC(Cc2ccccc2)NC(=O)CC2(c3ccccn3)CCCCC2)CC(C)C)cc1. The fraction of sp³-hybridized carbons (Fsp3) is 0.471. The number of aromatic nitrogens is 1. The number of nitrogens with one attached hydrogen (secondary N) is 1. The van der Waals surface area contributed by atoms with Crippen molar-refractivity contribution < 1.29 is 13.2 Å². The molecule has 3 aromatic rings. The highest BCUT2D eigenvalue weighted by atomic mass is 32.2. The standard InChI is InChI=1S/C34H45N3O3S/c1-27(2)26-37(41(39,40)31-17-15-28(3)16-18-31)23-19-30(24-29-12-6-4-7-13-29)36-33(38)25-34(20-9-5-10-21-34)32-14-8-11-22-35-32/h4,6-8,11-18,22,27,30H,5,9-10,19-21,23-26H2,1-3H3,(H,36,38). The smallest absolute Gasteiger partial charge is 0.243 e. The van der Waals surface area contributed by atoms with Gasteiger partial charge in [-0.25, -0.2) is 8.42 Å². The molecule has 2 aromatic carbocycles. The van der Waals surface area contributed by atoms with Gasteiger partial charge in [-0.2, -0.15) is 4.31 Å². The van der Waals surface area contributed by atoms with Crippen molar-refractivity contribution in [1.82, 2.24) is 14.6 Å². The van der Waals surface area contributed by atoms with Crippen LogP contribution in [0, 0.1) is 12.8 Å². The summed E-state index contributed by atoms with van der Waals surface area (Å²) >= 11 is 0. The fourth-order valence-electron chi connectivity index (χ4n) is 6.01. The van der Waals surface area contributed by atoms with E-state index in [2.05, 4.69) is 28.5 Å². The molecule has 1 heterocycles. The van der Waals surface area contributed by atoms with E-state index in [0.29, 0.717) is 37.2 Å². The summed E-state index contributed by atoms with van der Waals surface area (Å²) in [5.41, 5.74) is 2.89. The van der Waals surface area contributed by atoms with Gasteiger partial charge in [0, 0.05) is 42.9 Å². The lowest BCUT2D eigenvalue weighted by molar-refractivity contribution is -0.123. The zero-order valence-electron chi connectivity index (χ0n) is 24.8. The average molecular weight is 576 g/mol. The van der Waals surface area contributed by atoms with Gasteiger partial charge in [0.2, 0.25) is 15.9 Å². The number of aryl methyl sites for hydroxylation is 1. The number of rotatable bonds is 13. The Morgan fingerprint density at radius 2 is 1.63 bits per heavy atom. The van der Waals surface area contributed by atoms with Crippen LogP contribution in [-0.2, 0) is 26.7 Å². The van der Waals surface area contributed by atoms with Gasteiger partial charge in [0.1, 0.15) is 0 Å². The number of carbonyl (C=O) groups is 1. The molecule has 1 aliphatic carbocycles. The van der Waals surface area contributed by atoms with Gasteiger partial charge in [0.05, 0.1) is 4.90 Å². The molecule has 1 saturated carbocycles. The van der Waals surface area contributed by atoms with Crippen LogP contribution >= 0.6 is 0 Å². The van der Waals surface area contributed by atoms with Gasteiger partial charge in [-0.15, -0.1) is 0 Å². The normalized spacial score (nSPS) is 16.0. The lowest BCUT2D eigenvalue weighted by Gasteiger charge is -2.37. The highest BCUT2D eigenvalue weighted by Gasteiger charge is 2.37. The number of benzene rings is 2. The highest BCUT2D eigenvalue weighted by molar-refractivity contribution is 7.89. The summed E-state index contributed by atoms with van der Waals surface area (Å²) in [5.74, 6) is 0.178. The molecule has 1 unspecified atom stereocenters. The molecular weight excluding hydrogens is 530 g/mol. The van der Waals surface area contributed by atoms with Crippen molar-refractivity contribution in [2.45, 2.75) is 88.5 Å². The van der Waals surface area contributed by atoms with Gasteiger partial charge >= 0.3 is 0 Å². The summed E-state index contributed by atoms with van der Waals surface area (Å²) in [4.78, 5) is 18.7. The lowest BCUT2D eigenvalue weighted by atomic mass is 9.69. The van der Waals surface area contributed by atoms with Gasteiger partial charge in [-0.1, -0.05) is 87.2 Å². The molecule has 1 atom stereocenters. The summed E-state index contributed by atoms with van der Waals surface area (Å²) < 4.78 is 28.9. The Morgan fingerprint density at radius 3 is 2.27 bits per heavy atom. The number of pyridine rings is 1. The topological polar surface area (TPSA) is 79.4 Å². The minimum atomic E-state index is -3.67. The number of carbonyl (C=O) groups excluding carboxylic acids is 1. The van der Waals surface area contributed by atoms with E-state index in [4.69, 9.17) is 0 Å². The minimum Gasteiger partial charge on any atom is -0.353 e. The van der Waals surface area contributed by atoms with Crippen LogP contribution in [0.5, 0.6) is 0 Å². The first-order chi connectivity index (χ1) is 19.7. The number of hydrogen-bond acceptors (Lipinski definition) is 4. The molecule has 0 spiro atoms. The van der Waals surface area contributed by atoms with E-state index in [-0.39, 0.29) is 23.3 Å². The van der Waals surface area contributed by atoms with Crippen molar-refractivity contribution in [3.63, 3.8) is 0 Å². The van der Waals surface area contributed by atoms with Crippen molar-refractivity contribution in [3.05, 3.63) is 95.8 Å². The molecule has 0 aliphatic heterocycles. The van der Waals surface area contributed by atoms with Crippen LogP contribution in [-0.4, -0.2) is 42.7 Å². The second-order valence-corrected chi connectivity index (χ2v) is 14.0. The number of sulfonamides is 1. The molecule has 1 aliphatic rings. The third-order valence-electron chi connectivity index (χ3n) is 8.16. The van der Waals surface area contributed by atoms with Gasteiger partial charge < -0.3 is 5.32 Å². The summed E-state index contributed by atoms with van der Waals surface area (Å²) in [6.45, 7) is 6.76. The largest absolute Gasteiger partial charge is 0.353 e. The van der Waals surface area contributed by atoms with Crippen LogP contribution in [0.3, 0.4) is 0 Å². The fourth-order valence-corrected chi connectivity index (χ4v) is 7.63. The molecule has 0 saturated heterocycles. The lowest BCUT2D eigenvalue weighted by Crippen LogP contribution is -2.44. The Morgan fingerprint density at radius 1 is 0.951 bits per heavy atom. The summed E-state index contributed by atoms with van der Waals surface area (Å²) in [5, 5.41) is 3.33. The molecule has 1 amide bonds. The zero-order valence-corrected chi connectivity index (χ0v) is 25.6. The first-order valence-electron chi connectivity index (χ1n) is 15.0. The van der Waals surface area contributed by atoms with Crippen molar-refractivity contribution in [3.8, 4) is 0 Å². The van der Waals surface area contributed by atoms with Crippen LogP contribution in [0.1, 0.15) is 75.6 Å². The van der Waals surface area contributed by atoms with E-state index in [1.165, 1.54) is 6.42 Å². The highest BCUT2D eigenvalue weighted by Crippen LogP contribution is 2.41. The van der Waals surface area contributed by atoms with E-state index in [9.17, 15) is 13.2 Å². The molecular formula is C34H45N3O3S. The third kappa shape index (κ3) is 8.49. The van der Waals surface area contributed by atoms with Crippen LogP contribution in [0.4, 0.5) is 0 Å². The van der Waals surface area contributed by atoms with Crippen molar-refractivity contribution >= 4 is 15.9 Å². The monoisotopic (exact) mass is 575 g/mol. The van der Waals surface area contributed by atoms with Gasteiger partial charge in [0.25, 0.3) is 0 Å². The van der Waals surface area contributed by atoms with Crippen LogP contribution in [0.15, 0.2) is 83.9 Å². The average Bonchev–Trinajstić information content (AvgIpc) is 2.96. The van der Waals surface area contributed by atoms with Gasteiger partial charge in [-0.05, 0) is 68.4 Å². The first kappa shape index (κ1) is 30.9. The van der Waals surface area contributed by atoms with Gasteiger partial charge in [0.15, 0.2) is 0 Å². The number of amides is 1. The zero-order chi connectivity index (χ0) is 29.3. The maximum atomic E-state index is 13.7. The summed E-state index contributed by atoms with van der Waals surface area (Å²) in [6, 6.07) is 22.9. The van der Waals surface area contributed by atoms with Crippen LogP contribution in [0.2, 0.25) is 0 Å². The molecule has 6 nitrogen and oxygen atoms in total. The Labute approximate surface area is 246 Å². The van der Waals surface area contributed by atoms with E-state index >= 15 is 0 Å². The Bertz CT molecular complexity index is 1340. The van der Waals surface area contributed by atoms with Crippen LogP contribution < -0.4 is 5.32 Å².